The van der Waals surface area contributed by atoms with E-state index in [4.69, 9.17) is 4.74 Å². The van der Waals surface area contributed by atoms with Gasteiger partial charge in [-0.2, -0.15) is 13.2 Å². The summed E-state index contributed by atoms with van der Waals surface area (Å²) < 4.78 is 45.7. The van der Waals surface area contributed by atoms with Crippen molar-refractivity contribution in [3.05, 3.63) is 54.2 Å². The Morgan fingerprint density at radius 2 is 1.90 bits per heavy atom. The van der Waals surface area contributed by atoms with Gasteiger partial charge >= 0.3 is 6.18 Å². The molecule has 1 aliphatic heterocycles. The van der Waals surface area contributed by atoms with E-state index in [0.29, 0.717) is 16.7 Å². The lowest BCUT2D eigenvalue weighted by Crippen LogP contribution is -2.38. The van der Waals surface area contributed by atoms with E-state index in [-0.39, 0.29) is 6.10 Å². The average Bonchev–Trinajstić information content (AvgIpc) is 3.07. The lowest BCUT2D eigenvalue weighted by atomic mass is 10.1. The number of hydrogen-bond acceptors (Lipinski definition) is 4. The molecule has 1 aliphatic rings. The molecule has 8 heteroatoms. The van der Waals surface area contributed by atoms with E-state index in [9.17, 15) is 13.2 Å². The molecular formula is C21H23F3N4O. The number of benzene rings is 1. The number of ether oxygens (including phenoxy) is 1. The first-order chi connectivity index (χ1) is 13.9. The maximum Gasteiger partial charge on any atom is 0.406 e. The van der Waals surface area contributed by atoms with Crippen LogP contribution in [0.3, 0.4) is 0 Å². The predicted molar refractivity (Wildman–Crippen MR) is 104 cm³/mol. The third-order valence-electron chi connectivity index (χ3n) is 5.17. The van der Waals surface area contributed by atoms with Crippen LogP contribution in [0.2, 0.25) is 0 Å². The molecule has 1 fully saturated rings. The summed E-state index contributed by atoms with van der Waals surface area (Å²) in [5.41, 5.74) is 2.39. The van der Waals surface area contributed by atoms with Crippen molar-refractivity contribution in [3.8, 4) is 5.75 Å². The second kappa shape index (κ2) is 8.02. The van der Waals surface area contributed by atoms with Gasteiger partial charge in [-0.25, -0.2) is 0 Å². The van der Waals surface area contributed by atoms with Gasteiger partial charge in [0.15, 0.2) is 0 Å². The van der Waals surface area contributed by atoms with E-state index in [1.807, 2.05) is 19.2 Å². The molecule has 0 bridgehead atoms. The molecule has 1 saturated heterocycles. The predicted octanol–water partition coefficient (Wildman–Crippen LogP) is 4.35. The van der Waals surface area contributed by atoms with Crippen molar-refractivity contribution in [1.82, 2.24) is 19.4 Å². The molecule has 0 aliphatic carbocycles. The van der Waals surface area contributed by atoms with Crippen molar-refractivity contribution >= 4 is 10.9 Å². The van der Waals surface area contributed by atoms with Gasteiger partial charge in [0, 0.05) is 43.6 Å². The monoisotopic (exact) mass is 404 g/mol. The first-order valence-electron chi connectivity index (χ1n) is 9.68. The molecule has 2 aromatic heterocycles. The van der Waals surface area contributed by atoms with Crippen LogP contribution in [-0.4, -0.2) is 44.8 Å². The Morgan fingerprint density at radius 1 is 1.10 bits per heavy atom. The summed E-state index contributed by atoms with van der Waals surface area (Å²) in [4.78, 5) is 11.0. The maximum atomic E-state index is 12.8. The van der Waals surface area contributed by atoms with Crippen LogP contribution in [0.5, 0.6) is 5.75 Å². The number of likely N-dealkylation sites (tertiary alicyclic amines) is 1. The van der Waals surface area contributed by atoms with Gasteiger partial charge in [0.05, 0.1) is 16.9 Å². The number of hydrogen-bond donors (Lipinski definition) is 0. The van der Waals surface area contributed by atoms with Gasteiger partial charge in [-0.1, -0.05) is 6.07 Å². The highest BCUT2D eigenvalue weighted by Crippen LogP contribution is 2.31. The van der Waals surface area contributed by atoms with Crippen molar-refractivity contribution in [2.75, 3.05) is 13.1 Å². The summed E-state index contributed by atoms with van der Waals surface area (Å²) in [6.45, 7) is 3.43. The number of halogens is 3. The van der Waals surface area contributed by atoms with E-state index in [0.717, 1.165) is 43.9 Å². The van der Waals surface area contributed by atoms with Crippen molar-refractivity contribution in [3.63, 3.8) is 0 Å². The SMILES string of the molecule is Cc1cnc(CN2CCC(Oc3cccc4c3ccn4CC(F)(F)F)CC2)cn1. The van der Waals surface area contributed by atoms with Crippen LogP contribution in [0.1, 0.15) is 24.2 Å². The molecule has 0 spiro atoms. The second-order valence-corrected chi connectivity index (χ2v) is 7.49. The summed E-state index contributed by atoms with van der Waals surface area (Å²) in [6.07, 6.45) is 2.57. The Hall–Kier alpha value is -2.61. The van der Waals surface area contributed by atoms with Gasteiger partial charge in [0.1, 0.15) is 18.4 Å². The van der Waals surface area contributed by atoms with Crippen molar-refractivity contribution < 1.29 is 17.9 Å². The van der Waals surface area contributed by atoms with Crippen LogP contribution in [-0.2, 0) is 13.1 Å². The molecule has 3 aromatic rings. The van der Waals surface area contributed by atoms with E-state index in [2.05, 4.69) is 14.9 Å². The highest BCUT2D eigenvalue weighted by molar-refractivity contribution is 5.86. The first-order valence-corrected chi connectivity index (χ1v) is 9.68. The lowest BCUT2D eigenvalue weighted by molar-refractivity contribution is -0.139. The highest BCUT2D eigenvalue weighted by Gasteiger charge is 2.28. The Morgan fingerprint density at radius 3 is 2.59 bits per heavy atom. The Bertz CT molecular complexity index is 960. The van der Waals surface area contributed by atoms with Crippen molar-refractivity contribution in [2.24, 2.45) is 0 Å². The number of aryl methyl sites for hydroxylation is 1. The fraction of sp³-hybridized carbons (Fsp3) is 0.429. The molecule has 154 valence electrons. The minimum Gasteiger partial charge on any atom is -0.490 e. The largest absolute Gasteiger partial charge is 0.490 e. The van der Waals surface area contributed by atoms with Crippen LogP contribution in [0.4, 0.5) is 13.2 Å². The molecule has 0 unspecified atom stereocenters. The molecule has 4 rings (SSSR count). The number of piperidine rings is 1. The summed E-state index contributed by atoms with van der Waals surface area (Å²) in [7, 11) is 0. The fourth-order valence-corrected chi connectivity index (χ4v) is 3.72. The smallest absolute Gasteiger partial charge is 0.406 e. The van der Waals surface area contributed by atoms with Crippen LogP contribution in [0.15, 0.2) is 42.9 Å². The number of alkyl halides is 3. The quantitative estimate of drug-likeness (QED) is 0.634. The standard InChI is InChI=1S/C21H23F3N4O/c1-15-11-26-16(12-25-15)13-27-8-5-17(6-9-27)29-20-4-2-3-19-18(20)7-10-28(19)14-21(22,23)24/h2-4,7,10-12,17H,5-6,8-9,13-14H2,1H3. The fourth-order valence-electron chi connectivity index (χ4n) is 3.72. The Kier molecular flexibility index (Phi) is 5.45. The number of aromatic nitrogens is 3. The normalized spacial score (nSPS) is 16.4. The van der Waals surface area contributed by atoms with Gasteiger partial charge in [0.25, 0.3) is 0 Å². The third kappa shape index (κ3) is 4.87. The minimum atomic E-state index is -4.25. The summed E-state index contributed by atoms with van der Waals surface area (Å²) in [5.74, 6) is 0.645. The maximum absolute atomic E-state index is 12.8. The second-order valence-electron chi connectivity index (χ2n) is 7.49. The van der Waals surface area contributed by atoms with Crippen LogP contribution < -0.4 is 4.74 Å². The van der Waals surface area contributed by atoms with E-state index in [1.165, 1.54) is 10.8 Å². The number of rotatable bonds is 5. The van der Waals surface area contributed by atoms with E-state index in [1.54, 1.807) is 24.4 Å². The van der Waals surface area contributed by atoms with Gasteiger partial charge in [-0.3, -0.25) is 14.9 Å². The minimum absolute atomic E-state index is 0.0481. The molecule has 0 N–H and O–H groups in total. The zero-order valence-electron chi connectivity index (χ0n) is 16.2. The topological polar surface area (TPSA) is 43.2 Å². The van der Waals surface area contributed by atoms with Crippen molar-refractivity contribution in [1.29, 1.82) is 0 Å². The van der Waals surface area contributed by atoms with Gasteiger partial charge < -0.3 is 9.30 Å². The summed E-state index contributed by atoms with van der Waals surface area (Å²) >= 11 is 0. The molecule has 29 heavy (non-hydrogen) atoms. The highest BCUT2D eigenvalue weighted by atomic mass is 19.4. The van der Waals surface area contributed by atoms with E-state index >= 15 is 0 Å². The van der Waals surface area contributed by atoms with E-state index < -0.39 is 12.7 Å². The zero-order chi connectivity index (χ0) is 20.4. The molecule has 0 saturated carbocycles. The number of fused-ring (bicyclic) bond motifs is 1. The number of nitrogens with zero attached hydrogens (tertiary/aromatic N) is 4. The van der Waals surface area contributed by atoms with Crippen LogP contribution in [0, 0.1) is 6.92 Å². The molecule has 0 amide bonds. The molecule has 0 radical (unpaired) electrons. The van der Waals surface area contributed by atoms with Crippen LogP contribution >= 0.6 is 0 Å². The van der Waals surface area contributed by atoms with Gasteiger partial charge in [0.2, 0.25) is 0 Å². The molecule has 1 aromatic carbocycles. The Labute approximate surface area is 167 Å². The first kappa shape index (κ1) is 19.7. The molecular weight excluding hydrogens is 381 g/mol. The zero-order valence-corrected chi connectivity index (χ0v) is 16.2. The van der Waals surface area contributed by atoms with Gasteiger partial charge in [-0.05, 0) is 38.0 Å². The Balaban J connectivity index is 1.38. The average molecular weight is 404 g/mol. The molecule has 0 atom stereocenters. The summed E-state index contributed by atoms with van der Waals surface area (Å²) in [6, 6.07) is 6.96. The van der Waals surface area contributed by atoms with Crippen molar-refractivity contribution in [2.45, 2.75) is 45.1 Å². The molecule has 5 nitrogen and oxygen atoms in total. The van der Waals surface area contributed by atoms with Gasteiger partial charge in [-0.15, -0.1) is 0 Å². The summed E-state index contributed by atoms with van der Waals surface area (Å²) in [5, 5.41) is 0.717. The van der Waals surface area contributed by atoms with Crippen LogP contribution in [0.25, 0.3) is 10.9 Å². The molecule has 3 heterocycles. The lowest BCUT2D eigenvalue weighted by Gasteiger charge is -2.32. The third-order valence-corrected chi connectivity index (χ3v) is 5.17.